The van der Waals surface area contributed by atoms with E-state index in [2.05, 4.69) is 4.90 Å². The first-order valence-corrected chi connectivity index (χ1v) is 13.5. The zero-order valence-electron chi connectivity index (χ0n) is 20.9. The van der Waals surface area contributed by atoms with E-state index in [9.17, 15) is 57.1 Å². The highest BCUT2D eigenvalue weighted by Crippen LogP contribution is 2.60. The SMILES string of the molecule is FC(F)(F)C(F)(F)C(F)(F)C(F)(F)C(F)(F)C(F)(F)CC[Si]CC1COB(c2ccc(CN3CCOCC3)cc2)O1. The van der Waals surface area contributed by atoms with Crippen molar-refractivity contribution in [2.24, 2.45) is 0 Å². The largest absolute Gasteiger partial charge is 0.494 e. The number of benzene rings is 1. The van der Waals surface area contributed by atoms with E-state index in [0.29, 0.717) is 25.2 Å². The van der Waals surface area contributed by atoms with Crippen LogP contribution < -0.4 is 5.46 Å². The van der Waals surface area contributed by atoms with Gasteiger partial charge >= 0.3 is 42.9 Å². The lowest BCUT2D eigenvalue weighted by atomic mass is 9.79. The molecule has 2 fully saturated rings. The van der Waals surface area contributed by atoms with Gasteiger partial charge in [0.05, 0.1) is 25.9 Å². The Balaban J connectivity index is 1.50. The van der Waals surface area contributed by atoms with Crippen molar-refractivity contribution in [3.8, 4) is 0 Å². The molecule has 0 amide bonds. The van der Waals surface area contributed by atoms with E-state index in [1.165, 1.54) is 0 Å². The first kappa shape index (κ1) is 33.9. The second-order valence-corrected chi connectivity index (χ2v) is 10.9. The van der Waals surface area contributed by atoms with Crippen LogP contribution in [0.15, 0.2) is 24.3 Å². The van der Waals surface area contributed by atoms with Crippen molar-refractivity contribution in [1.29, 1.82) is 0 Å². The summed E-state index contributed by atoms with van der Waals surface area (Å²) in [4.78, 5) is 2.20. The van der Waals surface area contributed by atoms with E-state index < -0.39 is 71.0 Å². The van der Waals surface area contributed by atoms with Crippen LogP contribution in [0.4, 0.5) is 57.1 Å². The molecule has 0 saturated carbocycles. The monoisotopic (exact) mass is 635 g/mol. The van der Waals surface area contributed by atoms with Crippen molar-refractivity contribution in [1.82, 2.24) is 4.90 Å². The van der Waals surface area contributed by atoms with Gasteiger partial charge in [-0.05, 0) is 17.1 Å². The predicted octanol–water partition coefficient (Wildman–Crippen LogP) is 5.30. The average Bonchev–Trinajstić information content (AvgIpc) is 3.35. The van der Waals surface area contributed by atoms with E-state index in [-0.39, 0.29) is 12.7 Å². The number of ether oxygens (including phenoxy) is 1. The summed E-state index contributed by atoms with van der Waals surface area (Å²) in [6.07, 6.45) is -10.3. The molecular weight excluding hydrogens is 612 g/mol. The summed E-state index contributed by atoms with van der Waals surface area (Å²) >= 11 is 0. The van der Waals surface area contributed by atoms with E-state index in [1.807, 2.05) is 12.1 Å². The average molecular weight is 635 g/mol. The molecule has 0 N–H and O–H groups in total. The van der Waals surface area contributed by atoms with E-state index in [4.69, 9.17) is 14.0 Å². The maximum Gasteiger partial charge on any atom is 0.494 e. The second kappa shape index (κ2) is 12.2. The highest BCUT2D eigenvalue weighted by atomic mass is 28.2. The van der Waals surface area contributed by atoms with Crippen molar-refractivity contribution in [3.05, 3.63) is 29.8 Å². The van der Waals surface area contributed by atoms with Gasteiger partial charge in [-0.1, -0.05) is 30.3 Å². The summed E-state index contributed by atoms with van der Waals surface area (Å²) in [5.74, 6) is -36.6. The second-order valence-electron chi connectivity index (χ2n) is 9.51. The Hall–Kier alpha value is -1.57. The van der Waals surface area contributed by atoms with Crippen LogP contribution in [0.5, 0.6) is 0 Å². The third kappa shape index (κ3) is 6.83. The Morgan fingerprint density at radius 2 is 1.34 bits per heavy atom. The Bertz CT molecular complexity index is 1010. The molecule has 1 atom stereocenters. The molecule has 1 aromatic rings. The van der Waals surface area contributed by atoms with Gasteiger partial charge in [0.1, 0.15) is 0 Å². The van der Waals surface area contributed by atoms with Crippen molar-refractivity contribution in [3.63, 3.8) is 0 Å². The van der Waals surface area contributed by atoms with Crippen LogP contribution in [-0.4, -0.2) is 96.3 Å². The summed E-state index contributed by atoms with van der Waals surface area (Å²) < 4.78 is 188. The molecule has 232 valence electrons. The molecule has 2 heterocycles. The van der Waals surface area contributed by atoms with Crippen LogP contribution >= 0.6 is 0 Å². The Morgan fingerprint density at radius 1 is 0.780 bits per heavy atom. The Morgan fingerprint density at radius 3 is 1.90 bits per heavy atom. The number of nitrogens with zero attached hydrogens (tertiary/aromatic N) is 1. The summed E-state index contributed by atoms with van der Waals surface area (Å²) in [7, 11) is -1.52. The molecule has 0 spiro atoms. The molecule has 0 bridgehead atoms. The summed E-state index contributed by atoms with van der Waals surface area (Å²) in [5.41, 5.74) is 1.63. The molecule has 2 saturated heterocycles. The molecule has 2 aliphatic heterocycles. The molecule has 0 aromatic heterocycles. The van der Waals surface area contributed by atoms with Gasteiger partial charge in [0.25, 0.3) is 0 Å². The summed E-state index contributed by atoms with van der Waals surface area (Å²) in [6.45, 7) is 3.48. The minimum absolute atomic E-state index is 0.0451. The summed E-state index contributed by atoms with van der Waals surface area (Å²) in [6, 6.07) is 6.11. The van der Waals surface area contributed by atoms with E-state index in [0.717, 1.165) is 18.7 Å². The number of hydrogen-bond donors (Lipinski definition) is 0. The van der Waals surface area contributed by atoms with Crippen LogP contribution in [0, 0.1) is 0 Å². The molecule has 2 aliphatic rings. The fraction of sp³-hybridized carbons (Fsp3) is 0.727. The van der Waals surface area contributed by atoms with Gasteiger partial charge in [-0.2, -0.15) is 57.1 Å². The van der Waals surface area contributed by atoms with Crippen LogP contribution in [-0.2, 0) is 20.6 Å². The smallest absolute Gasteiger partial charge is 0.405 e. The molecule has 1 aromatic carbocycles. The van der Waals surface area contributed by atoms with Gasteiger partial charge in [-0.25, -0.2) is 0 Å². The van der Waals surface area contributed by atoms with Gasteiger partial charge in [-0.15, -0.1) is 0 Å². The molecule has 3 rings (SSSR count). The maximum atomic E-state index is 13.9. The van der Waals surface area contributed by atoms with Crippen molar-refractivity contribution in [2.45, 2.75) is 66.9 Å². The molecule has 1 unspecified atom stereocenters. The Kier molecular flexibility index (Phi) is 10.1. The minimum atomic E-state index is -7.88. The lowest BCUT2D eigenvalue weighted by Crippen LogP contribution is -2.70. The van der Waals surface area contributed by atoms with Gasteiger partial charge in [0.2, 0.25) is 0 Å². The quantitative estimate of drug-likeness (QED) is 0.177. The van der Waals surface area contributed by atoms with Crippen molar-refractivity contribution < 1.29 is 71.1 Å². The zero-order valence-corrected chi connectivity index (χ0v) is 21.9. The lowest BCUT2D eigenvalue weighted by Gasteiger charge is -2.39. The maximum absolute atomic E-state index is 13.9. The number of hydrogen-bond acceptors (Lipinski definition) is 4. The first-order valence-electron chi connectivity index (χ1n) is 12.1. The standard InChI is InChI=1S/C22H23BF13NO3Si/c24-17(25,18(26,27)19(28,29)20(30,31)21(32,33)22(34,35)36)5-10-41-13-16-12-39-23(40-16)15-3-1-14(2-4-15)11-37-6-8-38-9-7-37/h1-4,16H,5-13H2. The normalized spacial score (nSPS) is 20.6. The van der Waals surface area contributed by atoms with Crippen molar-refractivity contribution in [2.75, 3.05) is 32.9 Å². The molecule has 41 heavy (non-hydrogen) atoms. The third-order valence-electron chi connectivity index (χ3n) is 6.50. The van der Waals surface area contributed by atoms with Crippen LogP contribution in [0.3, 0.4) is 0 Å². The summed E-state index contributed by atoms with van der Waals surface area (Å²) in [5, 5.41) is 0. The molecule has 19 heteroatoms. The Labute approximate surface area is 228 Å². The number of rotatable bonds is 12. The number of halogens is 13. The fourth-order valence-electron chi connectivity index (χ4n) is 4.00. The molecule has 2 radical (unpaired) electrons. The predicted molar refractivity (Wildman–Crippen MR) is 120 cm³/mol. The fourth-order valence-corrected chi connectivity index (χ4v) is 5.23. The molecule has 4 nitrogen and oxygen atoms in total. The first-order chi connectivity index (χ1) is 18.7. The van der Waals surface area contributed by atoms with Gasteiger partial charge in [0.15, 0.2) is 0 Å². The lowest BCUT2D eigenvalue weighted by molar-refractivity contribution is -0.439. The highest BCUT2D eigenvalue weighted by molar-refractivity contribution is 6.61. The topological polar surface area (TPSA) is 30.9 Å². The molecule has 0 aliphatic carbocycles. The van der Waals surface area contributed by atoms with Crippen molar-refractivity contribution >= 4 is 22.1 Å². The van der Waals surface area contributed by atoms with Gasteiger partial charge in [-0.3, -0.25) is 4.90 Å². The van der Waals surface area contributed by atoms with Crippen LogP contribution in [0.2, 0.25) is 12.1 Å². The van der Waals surface area contributed by atoms with Gasteiger partial charge in [0, 0.05) is 35.6 Å². The zero-order chi connectivity index (χ0) is 30.9. The van der Waals surface area contributed by atoms with Crippen LogP contribution in [0.1, 0.15) is 12.0 Å². The van der Waals surface area contributed by atoms with Gasteiger partial charge < -0.3 is 14.0 Å². The highest BCUT2D eigenvalue weighted by Gasteiger charge is 2.90. The van der Waals surface area contributed by atoms with E-state index in [1.54, 1.807) is 12.1 Å². The number of alkyl halides is 13. The van der Waals surface area contributed by atoms with E-state index >= 15 is 0 Å². The number of morpholine rings is 1. The van der Waals surface area contributed by atoms with Crippen LogP contribution in [0.25, 0.3) is 0 Å². The minimum Gasteiger partial charge on any atom is -0.405 e. The third-order valence-corrected chi connectivity index (χ3v) is 7.85. The molecular formula is C22H23BF13NO3Si.